The first-order valence-electron chi connectivity index (χ1n) is 14.3. The number of fused-ring (bicyclic) bond motifs is 1. The minimum absolute atomic E-state index is 0.740. The molecule has 1 fully saturated rings. The van der Waals surface area contributed by atoms with E-state index in [2.05, 4.69) is 84.1 Å². The molecule has 0 atom stereocenters. The smallest absolute Gasteiger partial charge is 0.106 e. The second kappa shape index (κ2) is 21.8. The second-order valence-electron chi connectivity index (χ2n) is 9.50. The Labute approximate surface area is 227 Å². The Balaban J connectivity index is 0.000000466. The van der Waals surface area contributed by atoms with Crippen LogP contribution in [-0.4, -0.2) is 62.2 Å². The number of pyridine rings is 1. The van der Waals surface area contributed by atoms with Crippen molar-refractivity contribution >= 4 is 5.84 Å². The first-order chi connectivity index (χ1) is 18.2. The van der Waals surface area contributed by atoms with Crippen molar-refractivity contribution in [3.63, 3.8) is 0 Å². The molecule has 6 nitrogen and oxygen atoms in total. The number of likely N-dealkylation sites (N-methyl/N-ethyl adjacent to an activating group) is 2. The Morgan fingerprint density at radius 1 is 1.19 bits per heavy atom. The predicted molar refractivity (Wildman–Crippen MR) is 162 cm³/mol. The van der Waals surface area contributed by atoms with Gasteiger partial charge in [0, 0.05) is 43.6 Å². The third-order valence-corrected chi connectivity index (χ3v) is 6.62. The highest BCUT2D eigenvalue weighted by Gasteiger charge is 2.20. The molecule has 0 spiro atoms. The van der Waals surface area contributed by atoms with Crippen LogP contribution < -0.4 is 16.0 Å². The molecule has 0 aliphatic heterocycles. The van der Waals surface area contributed by atoms with E-state index in [-0.39, 0.29) is 0 Å². The lowest BCUT2D eigenvalue weighted by molar-refractivity contribution is 0.299. The SMILES string of the molecule is C/C=C\C/C(=N\CN(CC)CCNC)N/C(=C/C)CNCCC1CC1.C=C.c1cnc2c(c1)CCCC2. The lowest BCUT2D eigenvalue weighted by atomic mass is 9.96. The molecule has 2 aliphatic carbocycles. The maximum Gasteiger partial charge on any atom is 0.106 e. The van der Waals surface area contributed by atoms with Crippen molar-refractivity contribution in [2.45, 2.75) is 72.1 Å². The fourth-order valence-corrected chi connectivity index (χ4v) is 4.04. The molecule has 1 aromatic heterocycles. The largest absolute Gasteiger partial charge is 0.346 e. The van der Waals surface area contributed by atoms with Crippen LogP contribution in [-0.2, 0) is 12.8 Å². The van der Waals surface area contributed by atoms with E-state index in [4.69, 9.17) is 4.99 Å². The van der Waals surface area contributed by atoms with Crippen molar-refractivity contribution in [2.24, 2.45) is 10.9 Å². The molecule has 0 bridgehead atoms. The van der Waals surface area contributed by atoms with E-state index in [1.165, 1.54) is 61.9 Å². The zero-order valence-electron chi connectivity index (χ0n) is 24.2. The minimum Gasteiger partial charge on any atom is -0.346 e. The molecule has 2 aliphatic rings. The van der Waals surface area contributed by atoms with E-state index in [1.54, 1.807) is 0 Å². The molecule has 0 aromatic carbocycles. The summed E-state index contributed by atoms with van der Waals surface area (Å²) in [5.41, 5.74) is 4.00. The quantitative estimate of drug-likeness (QED) is 0.134. The topological polar surface area (TPSA) is 64.6 Å². The van der Waals surface area contributed by atoms with Crippen molar-refractivity contribution in [3.8, 4) is 0 Å². The van der Waals surface area contributed by atoms with Crippen LogP contribution in [0.1, 0.15) is 70.6 Å². The maximum atomic E-state index is 4.82. The number of nitrogens with one attached hydrogen (secondary N) is 3. The van der Waals surface area contributed by atoms with Gasteiger partial charge in [0.2, 0.25) is 0 Å². The van der Waals surface area contributed by atoms with Crippen LogP contribution in [0.25, 0.3) is 0 Å². The summed E-state index contributed by atoms with van der Waals surface area (Å²) in [7, 11) is 1.99. The molecule has 3 N–H and O–H groups in total. The van der Waals surface area contributed by atoms with Crippen LogP contribution in [0, 0.1) is 5.92 Å². The molecule has 0 unspecified atom stereocenters. The minimum atomic E-state index is 0.740. The zero-order valence-corrected chi connectivity index (χ0v) is 24.2. The van der Waals surface area contributed by atoms with Gasteiger partial charge in [0.25, 0.3) is 0 Å². The lowest BCUT2D eigenvalue weighted by Gasteiger charge is -2.19. The Bertz CT molecular complexity index is 772. The molecule has 3 rings (SSSR count). The second-order valence-corrected chi connectivity index (χ2v) is 9.50. The summed E-state index contributed by atoms with van der Waals surface area (Å²) in [4.78, 5) is 11.5. The van der Waals surface area contributed by atoms with Gasteiger partial charge in [0.1, 0.15) is 5.84 Å². The number of rotatable bonds is 14. The summed E-state index contributed by atoms with van der Waals surface area (Å²) < 4.78 is 0. The molecule has 208 valence electrons. The molecule has 1 heterocycles. The van der Waals surface area contributed by atoms with E-state index in [1.807, 2.05) is 19.3 Å². The van der Waals surface area contributed by atoms with Crippen LogP contribution in [0.5, 0.6) is 0 Å². The number of aromatic nitrogens is 1. The standard InChI is InChI=1S/C20H39N5.C9H11N.C2H4/c1-5-8-9-20(23-17-25(7-3)15-14-21-4)24-19(6-2)16-22-13-12-18-10-11-18;1-2-6-9-8(4-1)5-3-7-10-9;1-2/h5-6,8,18,21-22H,7,9-17H2,1-4H3,(H,23,24);3,5,7H,1-2,4,6H2;1-2H2/b8-5-,19-6+;;. The average molecular weight is 511 g/mol. The number of amidine groups is 1. The third kappa shape index (κ3) is 15.5. The normalized spacial score (nSPS) is 15.5. The number of hydrogen-bond acceptors (Lipinski definition) is 5. The molecule has 1 saturated carbocycles. The van der Waals surface area contributed by atoms with Gasteiger partial charge >= 0.3 is 0 Å². The van der Waals surface area contributed by atoms with Crippen molar-refractivity contribution in [1.29, 1.82) is 0 Å². The van der Waals surface area contributed by atoms with Crippen molar-refractivity contribution in [2.75, 3.05) is 46.4 Å². The van der Waals surface area contributed by atoms with Gasteiger partial charge in [0.15, 0.2) is 0 Å². The van der Waals surface area contributed by atoms with E-state index in [9.17, 15) is 0 Å². The fourth-order valence-electron chi connectivity index (χ4n) is 4.04. The van der Waals surface area contributed by atoms with Gasteiger partial charge in [0.05, 0.1) is 6.67 Å². The van der Waals surface area contributed by atoms with Gasteiger partial charge in [-0.05, 0) is 83.6 Å². The van der Waals surface area contributed by atoms with Crippen LogP contribution in [0.15, 0.2) is 60.4 Å². The van der Waals surface area contributed by atoms with Gasteiger partial charge in [-0.15, -0.1) is 13.2 Å². The molecular weight excluding hydrogens is 456 g/mol. The summed E-state index contributed by atoms with van der Waals surface area (Å²) in [6, 6.07) is 4.23. The van der Waals surface area contributed by atoms with Crippen molar-refractivity contribution in [1.82, 2.24) is 25.8 Å². The van der Waals surface area contributed by atoms with Crippen LogP contribution >= 0.6 is 0 Å². The monoisotopic (exact) mass is 510 g/mol. The third-order valence-electron chi connectivity index (χ3n) is 6.62. The Morgan fingerprint density at radius 2 is 1.97 bits per heavy atom. The summed E-state index contributed by atoms with van der Waals surface area (Å²) >= 11 is 0. The first-order valence-corrected chi connectivity index (χ1v) is 14.3. The molecule has 0 radical (unpaired) electrons. The molecule has 37 heavy (non-hydrogen) atoms. The summed E-state index contributed by atoms with van der Waals surface area (Å²) in [6.07, 6.45) is 18.4. The first kappa shape index (κ1) is 32.7. The lowest BCUT2D eigenvalue weighted by Crippen LogP contribution is -2.34. The zero-order chi connectivity index (χ0) is 27.1. The predicted octanol–water partition coefficient (Wildman–Crippen LogP) is 5.50. The molecule has 0 saturated heterocycles. The highest BCUT2D eigenvalue weighted by molar-refractivity contribution is 5.85. The molecule has 1 aromatic rings. The van der Waals surface area contributed by atoms with E-state index < -0.39 is 0 Å². The number of aryl methyl sites for hydroxylation is 2. The average Bonchev–Trinajstić information content (AvgIpc) is 3.79. The van der Waals surface area contributed by atoms with Crippen LogP contribution in [0.4, 0.5) is 0 Å². The summed E-state index contributed by atoms with van der Waals surface area (Å²) in [5, 5.41) is 10.3. The Kier molecular flexibility index (Phi) is 19.3. The highest BCUT2D eigenvalue weighted by atomic mass is 15.2. The van der Waals surface area contributed by atoms with Gasteiger partial charge < -0.3 is 16.0 Å². The number of aliphatic imine (C=N–C) groups is 1. The molecule has 6 heteroatoms. The van der Waals surface area contributed by atoms with Gasteiger partial charge in [-0.2, -0.15) is 0 Å². The molecular formula is C31H54N6. The Hall–Kier alpha value is -2.28. The van der Waals surface area contributed by atoms with Gasteiger partial charge in [-0.1, -0.05) is 44.1 Å². The number of hydrogen-bond donors (Lipinski definition) is 3. The van der Waals surface area contributed by atoms with Gasteiger partial charge in [-0.25, -0.2) is 0 Å². The highest BCUT2D eigenvalue weighted by Crippen LogP contribution is 2.31. The number of allylic oxidation sites excluding steroid dienone is 2. The van der Waals surface area contributed by atoms with Crippen molar-refractivity contribution in [3.05, 3.63) is 66.7 Å². The Morgan fingerprint density at radius 3 is 2.62 bits per heavy atom. The van der Waals surface area contributed by atoms with Crippen molar-refractivity contribution < 1.29 is 0 Å². The van der Waals surface area contributed by atoms with Crippen LogP contribution in [0.3, 0.4) is 0 Å². The summed E-state index contributed by atoms with van der Waals surface area (Å²) in [5.74, 6) is 2.03. The van der Waals surface area contributed by atoms with E-state index in [0.29, 0.717) is 0 Å². The molecule has 0 amide bonds. The fraction of sp³-hybridized carbons (Fsp3) is 0.613. The maximum absolute atomic E-state index is 4.82. The summed E-state index contributed by atoms with van der Waals surface area (Å²) in [6.45, 7) is 18.1. The van der Waals surface area contributed by atoms with E-state index >= 15 is 0 Å². The van der Waals surface area contributed by atoms with Gasteiger partial charge in [-0.3, -0.25) is 14.9 Å². The number of nitrogens with zero attached hydrogens (tertiary/aromatic N) is 3. The van der Waals surface area contributed by atoms with E-state index in [0.717, 1.165) is 57.6 Å². The van der Waals surface area contributed by atoms with Crippen LogP contribution in [0.2, 0.25) is 0 Å².